The third-order valence-electron chi connectivity index (χ3n) is 2.10. The van der Waals surface area contributed by atoms with Crippen LogP contribution in [0, 0.1) is 0 Å². The van der Waals surface area contributed by atoms with Crippen LogP contribution in [-0.4, -0.2) is 18.1 Å². The summed E-state index contributed by atoms with van der Waals surface area (Å²) in [4.78, 5) is 10.1. The second-order valence-corrected chi connectivity index (χ2v) is 3.27. The third-order valence-corrected chi connectivity index (χ3v) is 2.10. The van der Waals surface area contributed by atoms with Gasteiger partial charge < -0.3 is 15.2 Å². The normalized spacial score (nSPS) is 19.1. The summed E-state index contributed by atoms with van der Waals surface area (Å²) >= 11 is 0. The Morgan fingerprint density at radius 3 is 2.58 bits per heavy atom. The van der Waals surface area contributed by atoms with Gasteiger partial charge >= 0.3 is 29.6 Å². The van der Waals surface area contributed by atoms with Crippen LogP contribution in [0.5, 0.6) is 0 Å². The van der Waals surface area contributed by atoms with E-state index >= 15 is 0 Å². The Hall–Kier alpha value is 0.430. The Morgan fingerprint density at radius 1 is 1.67 bits per heavy atom. The molecule has 1 rings (SSSR count). The standard InChI is InChI=1S/C8H15NO2.Na/c1-6(5-8(10)11)9-7-3-2-4-7;/h6-7,9H,2-5H2,1H3,(H,10,11);/q;+1/p-1. The number of hydrogen-bond acceptors (Lipinski definition) is 3. The molecule has 1 unspecified atom stereocenters. The van der Waals surface area contributed by atoms with Gasteiger partial charge in [-0.15, -0.1) is 0 Å². The molecule has 4 heteroatoms. The van der Waals surface area contributed by atoms with E-state index in [1.807, 2.05) is 6.92 Å². The van der Waals surface area contributed by atoms with Gasteiger partial charge in [-0.25, -0.2) is 0 Å². The molecule has 0 radical (unpaired) electrons. The fraction of sp³-hybridized carbons (Fsp3) is 0.875. The molecule has 1 aliphatic carbocycles. The monoisotopic (exact) mass is 179 g/mol. The molecule has 0 amide bonds. The van der Waals surface area contributed by atoms with Crippen molar-refractivity contribution < 1.29 is 39.5 Å². The van der Waals surface area contributed by atoms with Crippen molar-refractivity contribution in [2.45, 2.75) is 44.7 Å². The van der Waals surface area contributed by atoms with Gasteiger partial charge in [0.15, 0.2) is 0 Å². The SMILES string of the molecule is CC(CC(=O)[O-])NC1CCC1.[Na+]. The van der Waals surface area contributed by atoms with E-state index in [1.54, 1.807) is 0 Å². The molecule has 0 aromatic carbocycles. The van der Waals surface area contributed by atoms with Gasteiger partial charge in [0.2, 0.25) is 0 Å². The van der Waals surface area contributed by atoms with Crippen LogP contribution in [0.15, 0.2) is 0 Å². The molecule has 3 nitrogen and oxygen atoms in total. The van der Waals surface area contributed by atoms with E-state index < -0.39 is 5.97 Å². The second kappa shape index (κ2) is 5.97. The van der Waals surface area contributed by atoms with Gasteiger partial charge in [0.25, 0.3) is 0 Å². The summed E-state index contributed by atoms with van der Waals surface area (Å²) in [5, 5.41) is 13.4. The van der Waals surface area contributed by atoms with Crippen molar-refractivity contribution in [2.75, 3.05) is 0 Å². The summed E-state index contributed by atoms with van der Waals surface area (Å²) in [6, 6.07) is 0.620. The Labute approximate surface area is 95.2 Å². The van der Waals surface area contributed by atoms with Crippen LogP contribution in [0.25, 0.3) is 0 Å². The maximum atomic E-state index is 10.1. The number of nitrogens with one attached hydrogen (secondary N) is 1. The van der Waals surface area contributed by atoms with Crippen LogP contribution in [0.3, 0.4) is 0 Å². The van der Waals surface area contributed by atoms with E-state index in [2.05, 4.69) is 5.32 Å². The zero-order chi connectivity index (χ0) is 8.27. The predicted octanol–water partition coefficient (Wildman–Crippen LogP) is -3.34. The minimum atomic E-state index is -0.968. The maximum Gasteiger partial charge on any atom is 1.00 e. The van der Waals surface area contributed by atoms with Crippen LogP contribution in [0.1, 0.15) is 32.6 Å². The molecule has 0 aromatic rings. The number of hydrogen-bond donors (Lipinski definition) is 1. The molecule has 64 valence electrons. The molecule has 0 aliphatic heterocycles. The van der Waals surface area contributed by atoms with E-state index in [9.17, 15) is 9.90 Å². The Kier molecular flexibility index (Phi) is 6.19. The van der Waals surface area contributed by atoms with Gasteiger partial charge in [-0.2, -0.15) is 0 Å². The summed E-state index contributed by atoms with van der Waals surface area (Å²) in [5.74, 6) is -0.968. The quantitative estimate of drug-likeness (QED) is 0.459. The largest absolute Gasteiger partial charge is 1.00 e. The molecule has 1 atom stereocenters. The molecule has 0 spiro atoms. The number of carbonyl (C=O) groups is 1. The first-order chi connectivity index (χ1) is 5.18. The van der Waals surface area contributed by atoms with Crippen molar-refractivity contribution in [3.8, 4) is 0 Å². The van der Waals surface area contributed by atoms with E-state index in [1.165, 1.54) is 19.3 Å². The van der Waals surface area contributed by atoms with Gasteiger partial charge in [-0.1, -0.05) is 6.42 Å². The number of carboxylic acid groups (broad SMARTS) is 1. The zero-order valence-corrected chi connectivity index (χ0v) is 9.80. The van der Waals surface area contributed by atoms with Crippen LogP contribution in [-0.2, 0) is 4.79 Å². The number of aliphatic carboxylic acids is 1. The summed E-state index contributed by atoms with van der Waals surface area (Å²) < 4.78 is 0. The molecule has 1 fully saturated rings. The minimum absolute atomic E-state index is 0. The van der Waals surface area contributed by atoms with Crippen molar-refractivity contribution in [2.24, 2.45) is 0 Å². The van der Waals surface area contributed by atoms with Crippen LogP contribution >= 0.6 is 0 Å². The van der Waals surface area contributed by atoms with E-state index in [0.29, 0.717) is 6.04 Å². The third kappa shape index (κ3) is 4.45. The topological polar surface area (TPSA) is 52.2 Å². The summed E-state index contributed by atoms with van der Waals surface area (Å²) in [6.07, 6.45) is 3.78. The van der Waals surface area contributed by atoms with Crippen LogP contribution in [0.2, 0.25) is 0 Å². The summed E-state index contributed by atoms with van der Waals surface area (Å²) in [5.41, 5.74) is 0. The van der Waals surface area contributed by atoms with Crippen LogP contribution in [0.4, 0.5) is 0 Å². The fourth-order valence-corrected chi connectivity index (χ4v) is 1.29. The van der Waals surface area contributed by atoms with Crippen LogP contribution < -0.4 is 40.0 Å². The average Bonchev–Trinajstić information content (AvgIpc) is 1.77. The van der Waals surface area contributed by atoms with E-state index in [-0.39, 0.29) is 42.0 Å². The van der Waals surface area contributed by atoms with Crippen molar-refractivity contribution in [3.63, 3.8) is 0 Å². The molecule has 1 N–H and O–H groups in total. The first-order valence-electron chi connectivity index (χ1n) is 4.14. The van der Waals surface area contributed by atoms with Crippen molar-refractivity contribution in [1.82, 2.24) is 5.32 Å². The van der Waals surface area contributed by atoms with E-state index in [4.69, 9.17) is 0 Å². The number of carboxylic acids is 1. The molecule has 0 heterocycles. The number of rotatable bonds is 4. The van der Waals surface area contributed by atoms with Gasteiger partial charge in [-0.05, 0) is 19.8 Å². The number of carbonyl (C=O) groups excluding carboxylic acids is 1. The van der Waals surface area contributed by atoms with Gasteiger partial charge in [-0.3, -0.25) is 0 Å². The van der Waals surface area contributed by atoms with Gasteiger partial charge in [0, 0.05) is 24.5 Å². The molecule has 0 saturated heterocycles. The fourth-order valence-electron chi connectivity index (χ4n) is 1.29. The molecule has 12 heavy (non-hydrogen) atoms. The zero-order valence-electron chi connectivity index (χ0n) is 7.80. The van der Waals surface area contributed by atoms with E-state index in [0.717, 1.165) is 0 Å². The molecular formula is C8H14NNaO2. The average molecular weight is 179 g/mol. The molecular weight excluding hydrogens is 165 g/mol. The smallest absolute Gasteiger partial charge is 0.550 e. The Balaban J connectivity index is 0.00000121. The Morgan fingerprint density at radius 2 is 2.25 bits per heavy atom. The summed E-state index contributed by atoms with van der Waals surface area (Å²) in [6.45, 7) is 1.88. The van der Waals surface area contributed by atoms with Gasteiger partial charge in [0.1, 0.15) is 0 Å². The van der Waals surface area contributed by atoms with Crippen molar-refractivity contribution in [3.05, 3.63) is 0 Å². The minimum Gasteiger partial charge on any atom is -0.550 e. The maximum absolute atomic E-state index is 10.1. The molecule has 0 bridgehead atoms. The van der Waals surface area contributed by atoms with Crippen molar-refractivity contribution in [1.29, 1.82) is 0 Å². The first-order valence-corrected chi connectivity index (χ1v) is 4.14. The molecule has 1 aliphatic rings. The second-order valence-electron chi connectivity index (χ2n) is 3.27. The molecule has 1 saturated carbocycles. The predicted molar refractivity (Wildman–Crippen MR) is 39.9 cm³/mol. The van der Waals surface area contributed by atoms with Gasteiger partial charge in [0.05, 0.1) is 0 Å². The molecule has 0 aromatic heterocycles. The van der Waals surface area contributed by atoms with Crippen molar-refractivity contribution >= 4 is 5.97 Å². The Bertz CT molecular complexity index is 148. The summed E-state index contributed by atoms with van der Waals surface area (Å²) in [7, 11) is 0. The first kappa shape index (κ1) is 12.4.